The Hall–Kier alpha value is -2.06. The Kier molecular flexibility index (Phi) is 5.09. The van der Waals surface area contributed by atoms with Gasteiger partial charge in [-0.1, -0.05) is 34.8 Å². The first kappa shape index (κ1) is 19.3. The Labute approximate surface area is 178 Å². The molecule has 2 aromatic carbocycles. The number of hydrogen-bond donors (Lipinski definition) is 1. The number of anilines is 1. The second kappa shape index (κ2) is 7.40. The molecule has 0 aliphatic carbocycles. The maximum Gasteiger partial charge on any atom is 0.307 e. The van der Waals surface area contributed by atoms with Gasteiger partial charge in [0.1, 0.15) is 10.8 Å². The first-order chi connectivity index (χ1) is 13.3. The molecular formula is C18H11Cl3N2O4S. The van der Waals surface area contributed by atoms with Crippen LogP contribution >= 0.6 is 46.1 Å². The molecule has 0 saturated heterocycles. The van der Waals surface area contributed by atoms with E-state index in [0.29, 0.717) is 37.0 Å². The largest absolute Gasteiger partial charge is 0.481 e. The molecule has 1 aliphatic rings. The number of thiazole rings is 1. The molecule has 1 amide bonds. The van der Waals surface area contributed by atoms with Crippen LogP contribution < -0.4 is 9.64 Å². The van der Waals surface area contributed by atoms with Crippen molar-refractivity contribution in [3.05, 3.63) is 50.4 Å². The van der Waals surface area contributed by atoms with Crippen LogP contribution in [0.25, 0.3) is 10.2 Å². The molecule has 1 unspecified atom stereocenters. The van der Waals surface area contributed by atoms with E-state index in [1.54, 1.807) is 30.3 Å². The van der Waals surface area contributed by atoms with Gasteiger partial charge in [0.15, 0.2) is 6.10 Å². The van der Waals surface area contributed by atoms with E-state index in [1.165, 1.54) is 16.2 Å². The van der Waals surface area contributed by atoms with Gasteiger partial charge in [-0.05, 0) is 30.3 Å². The van der Waals surface area contributed by atoms with Crippen LogP contribution in [-0.4, -0.2) is 28.1 Å². The standard InChI is InChI=1S/C18H11Cl3N2O4S/c19-8-1-4-12-11(5-8)23(18(26)13(27-12)6-15(24)25)7-14-22-10-3-2-9(20)16(21)17(10)28-14/h1-5,13H,6-7H2,(H,24,25). The Bertz CT molecular complexity index is 1120. The fraction of sp³-hybridized carbons (Fsp3) is 0.167. The number of rotatable bonds is 4. The summed E-state index contributed by atoms with van der Waals surface area (Å²) in [6.07, 6.45) is -1.57. The molecule has 4 rings (SSSR count). The Morgan fingerprint density at radius 2 is 2.04 bits per heavy atom. The lowest BCUT2D eigenvalue weighted by molar-refractivity contribution is -0.142. The van der Waals surface area contributed by atoms with Crippen molar-refractivity contribution in [1.29, 1.82) is 0 Å². The maximum absolute atomic E-state index is 12.9. The number of carbonyl (C=O) groups is 2. The number of carboxylic acid groups (broad SMARTS) is 1. The summed E-state index contributed by atoms with van der Waals surface area (Å²) in [6, 6.07) is 8.24. The topological polar surface area (TPSA) is 79.7 Å². The number of fused-ring (bicyclic) bond motifs is 2. The molecule has 10 heteroatoms. The van der Waals surface area contributed by atoms with Gasteiger partial charge in [-0.2, -0.15) is 0 Å². The van der Waals surface area contributed by atoms with Crippen molar-refractivity contribution in [2.75, 3.05) is 4.90 Å². The minimum Gasteiger partial charge on any atom is -0.481 e. The molecule has 3 aromatic rings. The minimum absolute atomic E-state index is 0.124. The van der Waals surface area contributed by atoms with Gasteiger partial charge >= 0.3 is 5.97 Å². The number of amides is 1. The summed E-state index contributed by atoms with van der Waals surface area (Å²) in [5.41, 5.74) is 1.13. The molecule has 1 aliphatic heterocycles. The van der Waals surface area contributed by atoms with Gasteiger partial charge in [-0.25, -0.2) is 4.98 Å². The zero-order valence-electron chi connectivity index (χ0n) is 14.0. The molecular weight excluding hydrogens is 447 g/mol. The third-order valence-corrected chi connectivity index (χ3v) is 6.39. The Morgan fingerprint density at radius 1 is 1.25 bits per heavy atom. The lowest BCUT2D eigenvalue weighted by Crippen LogP contribution is -2.46. The molecule has 6 nitrogen and oxygen atoms in total. The van der Waals surface area contributed by atoms with E-state index in [9.17, 15) is 9.59 Å². The summed E-state index contributed by atoms with van der Waals surface area (Å²) in [6.45, 7) is 0.124. The molecule has 1 N–H and O–H groups in total. The number of benzene rings is 2. The zero-order valence-corrected chi connectivity index (χ0v) is 17.1. The van der Waals surface area contributed by atoms with Crippen LogP contribution in [0.15, 0.2) is 30.3 Å². The fourth-order valence-electron chi connectivity index (χ4n) is 2.93. The Balaban J connectivity index is 1.74. The summed E-state index contributed by atoms with van der Waals surface area (Å²) in [7, 11) is 0. The summed E-state index contributed by atoms with van der Waals surface area (Å²) >= 11 is 19.7. The molecule has 2 heterocycles. The van der Waals surface area contributed by atoms with Crippen LogP contribution in [-0.2, 0) is 16.1 Å². The van der Waals surface area contributed by atoms with Gasteiger partial charge in [0.2, 0.25) is 0 Å². The normalized spacial score (nSPS) is 16.2. The molecule has 0 saturated carbocycles. The van der Waals surface area contributed by atoms with Gasteiger partial charge in [0, 0.05) is 5.02 Å². The second-order valence-electron chi connectivity index (χ2n) is 6.06. The number of aliphatic carboxylic acids is 1. The number of aromatic nitrogens is 1. The summed E-state index contributed by atoms with van der Waals surface area (Å²) in [5, 5.41) is 11.0. The monoisotopic (exact) mass is 456 g/mol. The SMILES string of the molecule is O=C(O)CC1Oc2ccc(Cl)cc2N(Cc2nc3ccc(Cl)c(Cl)c3s2)C1=O. The third-order valence-electron chi connectivity index (χ3n) is 4.17. The van der Waals surface area contributed by atoms with Crippen LogP contribution in [0.1, 0.15) is 11.4 Å². The molecule has 0 spiro atoms. The van der Waals surface area contributed by atoms with Gasteiger partial charge in [-0.15, -0.1) is 11.3 Å². The third kappa shape index (κ3) is 3.51. The van der Waals surface area contributed by atoms with E-state index in [1.807, 2.05) is 0 Å². The van der Waals surface area contributed by atoms with Crippen molar-refractivity contribution in [1.82, 2.24) is 4.98 Å². The highest BCUT2D eigenvalue weighted by Crippen LogP contribution is 2.39. The Morgan fingerprint density at radius 3 is 2.79 bits per heavy atom. The highest BCUT2D eigenvalue weighted by atomic mass is 35.5. The maximum atomic E-state index is 12.9. The average molecular weight is 458 g/mol. The van der Waals surface area contributed by atoms with Gasteiger partial charge < -0.3 is 9.84 Å². The van der Waals surface area contributed by atoms with Crippen molar-refractivity contribution >= 4 is 73.9 Å². The van der Waals surface area contributed by atoms with Gasteiger partial charge in [0.25, 0.3) is 5.91 Å². The molecule has 1 atom stereocenters. The predicted octanol–water partition coefficient (Wildman–Crippen LogP) is 5.03. The molecule has 28 heavy (non-hydrogen) atoms. The van der Waals surface area contributed by atoms with E-state index in [2.05, 4.69) is 4.98 Å². The summed E-state index contributed by atoms with van der Waals surface area (Å²) in [4.78, 5) is 30.0. The smallest absolute Gasteiger partial charge is 0.307 e. The number of nitrogens with zero attached hydrogens (tertiary/aromatic N) is 2. The minimum atomic E-state index is -1.13. The number of hydrogen-bond acceptors (Lipinski definition) is 5. The number of carboxylic acids is 1. The van der Waals surface area contributed by atoms with Crippen molar-refractivity contribution in [2.24, 2.45) is 0 Å². The van der Waals surface area contributed by atoms with Crippen molar-refractivity contribution in [2.45, 2.75) is 19.1 Å². The van der Waals surface area contributed by atoms with Crippen molar-refractivity contribution in [3.63, 3.8) is 0 Å². The number of halogens is 3. The van der Waals surface area contributed by atoms with Crippen LogP contribution in [0.3, 0.4) is 0 Å². The first-order valence-electron chi connectivity index (χ1n) is 8.06. The highest BCUT2D eigenvalue weighted by molar-refractivity contribution is 7.19. The summed E-state index contributed by atoms with van der Waals surface area (Å²) in [5.74, 6) is -1.21. The van der Waals surface area contributed by atoms with E-state index < -0.39 is 24.4 Å². The number of ether oxygens (including phenoxy) is 1. The van der Waals surface area contributed by atoms with Crippen LogP contribution in [0, 0.1) is 0 Å². The molecule has 0 bridgehead atoms. The van der Waals surface area contributed by atoms with Crippen molar-refractivity contribution in [3.8, 4) is 5.75 Å². The highest BCUT2D eigenvalue weighted by Gasteiger charge is 2.36. The fourth-order valence-corrected chi connectivity index (χ4v) is 4.58. The lowest BCUT2D eigenvalue weighted by Gasteiger charge is -2.33. The summed E-state index contributed by atoms with van der Waals surface area (Å²) < 4.78 is 6.31. The first-order valence-corrected chi connectivity index (χ1v) is 10.0. The van der Waals surface area contributed by atoms with Crippen LogP contribution in [0.4, 0.5) is 5.69 Å². The van der Waals surface area contributed by atoms with E-state index >= 15 is 0 Å². The lowest BCUT2D eigenvalue weighted by atomic mass is 10.1. The van der Waals surface area contributed by atoms with Gasteiger partial charge in [-0.3, -0.25) is 14.5 Å². The number of carbonyl (C=O) groups excluding carboxylic acids is 1. The molecule has 0 fully saturated rings. The average Bonchev–Trinajstić information content (AvgIpc) is 3.05. The van der Waals surface area contributed by atoms with E-state index in [0.717, 1.165) is 4.70 Å². The predicted molar refractivity (Wildman–Crippen MR) is 109 cm³/mol. The van der Waals surface area contributed by atoms with Gasteiger partial charge in [0.05, 0.1) is 38.9 Å². The molecule has 0 radical (unpaired) electrons. The van der Waals surface area contributed by atoms with Crippen molar-refractivity contribution < 1.29 is 19.4 Å². The second-order valence-corrected chi connectivity index (χ2v) is 8.36. The molecule has 144 valence electrons. The van der Waals surface area contributed by atoms with E-state index in [-0.39, 0.29) is 6.54 Å². The quantitative estimate of drug-likeness (QED) is 0.595. The molecule has 1 aromatic heterocycles. The zero-order chi connectivity index (χ0) is 20.0. The van der Waals surface area contributed by atoms with Crippen LogP contribution in [0.5, 0.6) is 5.75 Å². The van der Waals surface area contributed by atoms with E-state index in [4.69, 9.17) is 44.6 Å². The van der Waals surface area contributed by atoms with Crippen LogP contribution in [0.2, 0.25) is 15.1 Å².